The van der Waals surface area contributed by atoms with Crippen molar-refractivity contribution in [3.8, 4) is 0 Å². The second-order valence-corrected chi connectivity index (χ2v) is 7.06. The van der Waals surface area contributed by atoms with Gasteiger partial charge in [-0.3, -0.25) is 4.79 Å². The predicted molar refractivity (Wildman–Crippen MR) is 81.1 cm³/mol. The number of carboxylic acids is 1. The number of urea groups is 1. The van der Waals surface area contributed by atoms with Gasteiger partial charge in [0.05, 0.1) is 5.41 Å². The first kappa shape index (κ1) is 16.1. The molecule has 5 nitrogen and oxygen atoms in total. The maximum absolute atomic E-state index is 12.1. The van der Waals surface area contributed by atoms with Gasteiger partial charge in [0.1, 0.15) is 0 Å². The third-order valence-electron chi connectivity index (χ3n) is 5.64. The Labute approximate surface area is 126 Å². The fraction of sp³-hybridized carbons (Fsp3) is 0.875. The molecule has 0 radical (unpaired) electrons. The number of amides is 2. The Morgan fingerprint density at radius 3 is 2.24 bits per heavy atom. The zero-order valence-corrected chi connectivity index (χ0v) is 13.2. The molecule has 0 bridgehead atoms. The van der Waals surface area contributed by atoms with Crippen molar-refractivity contribution in [1.29, 1.82) is 0 Å². The lowest BCUT2D eigenvalue weighted by Gasteiger charge is -2.42. The van der Waals surface area contributed by atoms with E-state index in [4.69, 9.17) is 0 Å². The Bertz CT molecular complexity index is 391. The number of hydrogen-bond acceptors (Lipinski definition) is 2. The Kier molecular flexibility index (Phi) is 4.79. The van der Waals surface area contributed by atoms with Gasteiger partial charge >= 0.3 is 12.0 Å². The molecule has 0 heterocycles. The Balaban J connectivity index is 1.87. The molecule has 0 aromatic carbocycles. The molecule has 0 unspecified atom stereocenters. The summed E-state index contributed by atoms with van der Waals surface area (Å²) in [7, 11) is 0. The highest BCUT2D eigenvalue weighted by atomic mass is 16.4. The average molecular weight is 296 g/mol. The van der Waals surface area contributed by atoms with Crippen molar-refractivity contribution < 1.29 is 14.7 Å². The van der Waals surface area contributed by atoms with Crippen LogP contribution in [0.15, 0.2) is 0 Å². The van der Waals surface area contributed by atoms with Gasteiger partial charge in [0, 0.05) is 12.1 Å². The van der Waals surface area contributed by atoms with Gasteiger partial charge in [-0.05, 0) is 57.3 Å². The summed E-state index contributed by atoms with van der Waals surface area (Å²) in [5.41, 5.74) is -0.829. The summed E-state index contributed by atoms with van der Waals surface area (Å²) in [4.78, 5) is 23.7. The molecule has 0 atom stereocenters. The summed E-state index contributed by atoms with van der Waals surface area (Å²) >= 11 is 0. The Morgan fingerprint density at radius 2 is 1.81 bits per heavy atom. The lowest BCUT2D eigenvalue weighted by Crippen LogP contribution is -2.57. The summed E-state index contributed by atoms with van der Waals surface area (Å²) in [6, 6.07) is -0.212. The van der Waals surface area contributed by atoms with E-state index in [1.54, 1.807) is 0 Å². The van der Waals surface area contributed by atoms with Crippen molar-refractivity contribution in [2.24, 2.45) is 11.3 Å². The van der Waals surface area contributed by atoms with E-state index in [9.17, 15) is 14.7 Å². The Morgan fingerprint density at radius 1 is 1.19 bits per heavy atom. The minimum atomic E-state index is -0.775. The maximum Gasteiger partial charge on any atom is 0.315 e. The SMILES string of the molecule is CCC1(NC(=O)NCC2(C(=O)O)CCC(C)CC2)CCC1. The zero-order valence-electron chi connectivity index (χ0n) is 13.2. The van der Waals surface area contributed by atoms with Crippen LogP contribution >= 0.6 is 0 Å². The minimum Gasteiger partial charge on any atom is -0.481 e. The number of rotatable bonds is 5. The van der Waals surface area contributed by atoms with E-state index in [1.807, 2.05) is 0 Å². The van der Waals surface area contributed by atoms with Gasteiger partial charge in [-0.1, -0.05) is 13.8 Å². The van der Waals surface area contributed by atoms with Crippen LogP contribution in [0.4, 0.5) is 4.79 Å². The monoisotopic (exact) mass is 296 g/mol. The third-order valence-corrected chi connectivity index (χ3v) is 5.64. The number of carboxylic acid groups (broad SMARTS) is 1. The van der Waals surface area contributed by atoms with Gasteiger partial charge in [0.25, 0.3) is 0 Å². The second kappa shape index (κ2) is 6.24. The highest BCUT2D eigenvalue weighted by molar-refractivity contribution is 5.78. The number of nitrogens with one attached hydrogen (secondary N) is 2. The van der Waals surface area contributed by atoms with E-state index in [-0.39, 0.29) is 18.1 Å². The lowest BCUT2D eigenvalue weighted by molar-refractivity contribution is -0.151. The quantitative estimate of drug-likeness (QED) is 0.730. The number of aliphatic carboxylic acids is 1. The van der Waals surface area contributed by atoms with Crippen LogP contribution < -0.4 is 10.6 Å². The molecular formula is C16H28N2O3. The van der Waals surface area contributed by atoms with Gasteiger partial charge < -0.3 is 15.7 Å². The van der Waals surface area contributed by atoms with Crippen LogP contribution in [0.3, 0.4) is 0 Å². The molecule has 2 aliphatic carbocycles. The van der Waals surface area contributed by atoms with Gasteiger partial charge in [0.2, 0.25) is 0 Å². The van der Waals surface area contributed by atoms with Crippen LogP contribution in [0.2, 0.25) is 0 Å². The van der Waals surface area contributed by atoms with Crippen molar-refractivity contribution in [2.75, 3.05) is 6.54 Å². The van der Waals surface area contributed by atoms with Crippen LogP contribution in [-0.4, -0.2) is 29.2 Å². The zero-order chi connectivity index (χ0) is 15.5. The molecule has 0 saturated heterocycles. The van der Waals surface area contributed by atoms with Crippen LogP contribution in [0.25, 0.3) is 0 Å². The largest absolute Gasteiger partial charge is 0.481 e. The summed E-state index contributed by atoms with van der Waals surface area (Å²) in [6.07, 6.45) is 7.30. The molecule has 0 aromatic heterocycles. The highest BCUT2D eigenvalue weighted by Crippen LogP contribution is 2.39. The average Bonchev–Trinajstić information content (AvgIpc) is 2.42. The van der Waals surface area contributed by atoms with E-state index < -0.39 is 11.4 Å². The molecule has 2 amide bonds. The standard InChI is InChI=1S/C16H28N2O3/c1-3-16(7-4-8-16)18-14(21)17-11-15(13(19)20)9-5-12(2)6-10-15/h12H,3-11H2,1-2H3,(H,19,20)(H2,17,18,21). The van der Waals surface area contributed by atoms with Gasteiger partial charge in [-0.25, -0.2) is 4.79 Å². The number of hydrogen-bond donors (Lipinski definition) is 3. The van der Waals surface area contributed by atoms with E-state index >= 15 is 0 Å². The van der Waals surface area contributed by atoms with Gasteiger partial charge in [0.15, 0.2) is 0 Å². The Hall–Kier alpha value is -1.26. The molecule has 21 heavy (non-hydrogen) atoms. The fourth-order valence-corrected chi connectivity index (χ4v) is 3.49. The molecule has 2 aliphatic rings. The summed E-state index contributed by atoms with van der Waals surface area (Å²) < 4.78 is 0. The minimum absolute atomic E-state index is 0.0540. The molecule has 3 N–H and O–H groups in total. The molecule has 0 aliphatic heterocycles. The molecule has 5 heteroatoms. The lowest BCUT2D eigenvalue weighted by atomic mass is 9.71. The normalized spacial score (nSPS) is 31.0. The third kappa shape index (κ3) is 3.50. The molecule has 0 aromatic rings. The molecule has 2 rings (SSSR count). The second-order valence-electron chi connectivity index (χ2n) is 7.06. The van der Waals surface area contributed by atoms with Crippen molar-refractivity contribution >= 4 is 12.0 Å². The van der Waals surface area contributed by atoms with Crippen molar-refractivity contribution in [1.82, 2.24) is 10.6 Å². The summed E-state index contributed by atoms with van der Waals surface area (Å²) in [5, 5.41) is 15.4. The maximum atomic E-state index is 12.1. The van der Waals surface area contributed by atoms with E-state index in [0.29, 0.717) is 18.8 Å². The van der Waals surface area contributed by atoms with E-state index in [0.717, 1.165) is 38.5 Å². The van der Waals surface area contributed by atoms with Crippen molar-refractivity contribution in [3.63, 3.8) is 0 Å². The van der Waals surface area contributed by atoms with Gasteiger partial charge in [-0.15, -0.1) is 0 Å². The highest BCUT2D eigenvalue weighted by Gasteiger charge is 2.42. The number of carbonyl (C=O) groups excluding carboxylic acids is 1. The molecule has 0 spiro atoms. The van der Waals surface area contributed by atoms with E-state index in [2.05, 4.69) is 24.5 Å². The smallest absolute Gasteiger partial charge is 0.315 e. The van der Waals surface area contributed by atoms with Crippen LogP contribution in [-0.2, 0) is 4.79 Å². The molecule has 2 saturated carbocycles. The first-order valence-corrected chi connectivity index (χ1v) is 8.21. The topological polar surface area (TPSA) is 78.4 Å². The molecular weight excluding hydrogens is 268 g/mol. The molecule has 2 fully saturated rings. The van der Waals surface area contributed by atoms with Crippen LogP contribution in [0.1, 0.15) is 65.2 Å². The van der Waals surface area contributed by atoms with Crippen molar-refractivity contribution in [3.05, 3.63) is 0 Å². The summed E-state index contributed by atoms with van der Waals surface area (Å²) in [5.74, 6) is -0.187. The van der Waals surface area contributed by atoms with Crippen LogP contribution in [0.5, 0.6) is 0 Å². The van der Waals surface area contributed by atoms with Gasteiger partial charge in [-0.2, -0.15) is 0 Å². The van der Waals surface area contributed by atoms with Crippen LogP contribution in [0, 0.1) is 11.3 Å². The van der Waals surface area contributed by atoms with Crippen molar-refractivity contribution in [2.45, 2.75) is 70.8 Å². The predicted octanol–water partition coefficient (Wildman–Crippen LogP) is 2.90. The fourth-order valence-electron chi connectivity index (χ4n) is 3.49. The summed E-state index contributed by atoms with van der Waals surface area (Å²) in [6.45, 7) is 4.48. The number of carbonyl (C=O) groups is 2. The van der Waals surface area contributed by atoms with E-state index in [1.165, 1.54) is 0 Å². The molecule has 120 valence electrons. The first-order chi connectivity index (χ1) is 9.91. The first-order valence-electron chi connectivity index (χ1n) is 8.21.